The van der Waals surface area contributed by atoms with Gasteiger partial charge in [-0.2, -0.15) is 0 Å². The van der Waals surface area contributed by atoms with Gasteiger partial charge in [-0.15, -0.1) is 0 Å². The van der Waals surface area contributed by atoms with E-state index in [4.69, 9.17) is 4.74 Å². The summed E-state index contributed by atoms with van der Waals surface area (Å²) in [5.74, 6) is -0.458. The van der Waals surface area contributed by atoms with Crippen molar-refractivity contribution < 1.29 is 13.5 Å². The zero-order chi connectivity index (χ0) is 14.8. The molecule has 4 heteroatoms. The molecule has 0 saturated carbocycles. The summed E-state index contributed by atoms with van der Waals surface area (Å²) >= 11 is 0. The zero-order valence-corrected chi connectivity index (χ0v) is 11.6. The van der Waals surface area contributed by atoms with E-state index in [1.165, 1.54) is 12.1 Å². The van der Waals surface area contributed by atoms with Crippen LogP contribution in [0.3, 0.4) is 0 Å². The second-order valence-corrected chi connectivity index (χ2v) is 4.78. The minimum Gasteiger partial charge on any atom is -0.484 e. The van der Waals surface area contributed by atoms with Crippen LogP contribution in [0.1, 0.15) is 12.6 Å². The summed E-state index contributed by atoms with van der Waals surface area (Å²) < 4.78 is 34.9. The van der Waals surface area contributed by atoms with E-state index in [2.05, 4.69) is 0 Å². The summed E-state index contributed by atoms with van der Waals surface area (Å²) in [5.41, 5.74) is 1.38. The van der Waals surface area contributed by atoms with Crippen molar-refractivity contribution in [2.45, 2.75) is 20.1 Å². The number of benzene rings is 2. The number of para-hydroxylation sites is 2. The maximum absolute atomic E-state index is 14.0. The van der Waals surface area contributed by atoms with Gasteiger partial charge in [-0.25, -0.2) is 8.78 Å². The standard InChI is InChI=1S/C17H15F2NO/c1-2-20-13(10-12-6-5-8-15(19)17(12)20)11-21-16-9-4-3-7-14(16)18/h3-10H,2,11H2,1H3. The number of aromatic nitrogens is 1. The Morgan fingerprint density at radius 3 is 2.52 bits per heavy atom. The fourth-order valence-corrected chi connectivity index (χ4v) is 2.53. The van der Waals surface area contributed by atoms with Crippen LogP contribution < -0.4 is 4.74 Å². The molecule has 0 N–H and O–H groups in total. The van der Waals surface area contributed by atoms with E-state index in [0.717, 1.165) is 11.1 Å². The highest BCUT2D eigenvalue weighted by Gasteiger charge is 2.12. The summed E-state index contributed by atoms with van der Waals surface area (Å²) in [6.07, 6.45) is 0. The number of aryl methyl sites for hydroxylation is 1. The molecular formula is C17H15F2NO. The van der Waals surface area contributed by atoms with Crippen LogP contribution in [0.2, 0.25) is 0 Å². The van der Waals surface area contributed by atoms with Gasteiger partial charge >= 0.3 is 0 Å². The summed E-state index contributed by atoms with van der Waals surface area (Å²) in [4.78, 5) is 0. The van der Waals surface area contributed by atoms with Crippen molar-refractivity contribution in [2.24, 2.45) is 0 Å². The highest BCUT2D eigenvalue weighted by atomic mass is 19.1. The van der Waals surface area contributed by atoms with Crippen LogP contribution in [-0.2, 0) is 13.2 Å². The lowest BCUT2D eigenvalue weighted by molar-refractivity contribution is 0.281. The molecule has 0 saturated heterocycles. The van der Waals surface area contributed by atoms with E-state index in [1.54, 1.807) is 24.3 Å². The third-order valence-electron chi connectivity index (χ3n) is 3.49. The maximum Gasteiger partial charge on any atom is 0.165 e. The molecule has 1 aromatic heterocycles. The Morgan fingerprint density at radius 1 is 1.00 bits per heavy atom. The average Bonchev–Trinajstić information content (AvgIpc) is 2.85. The van der Waals surface area contributed by atoms with Gasteiger partial charge in [0.05, 0.1) is 11.2 Å². The lowest BCUT2D eigenvalue weighted by atomic mass is 10.2. The van der Waals surface area contributed by atoms with Crippen molar-refractivity contribution in [3.8, 4) is 5.75 Å². The van der Waals surface area contributed by atoms with E-state index in [0.29, 0.717) is 12.1 Å². The van der Waals surface area contributed by atoms with Crippen LogP contribution in [0.15, 0.2) is 48.5 Å². The lowest BCUT2D eigenvalue weighted by Crippen LogP contribution is -2.05. The zero-order valence-electron chi connectivity index (χ0n) is 11.6. The van der Waals surface area contributed by atoms with E-state index in [9.17, 15) is 8.78 Å². The van der Waals surface area contributed by atoms with Gasteiger partial charge in [-0.05, 0) is 31.2 Å². The number of rotatable bonds is 4. The fraction of sp³-hybridized carbons (Fsp3) is 0.176. The first-order valence-corrected chi connectivity index (χ1v) is 6.84. The topological polar surface area (TPSA) is 14.2 Å². The Balaban J connectivity index is 1.94. The number of halogens is 2. The third-order valence-corrected chi connectivity index (χ3v) is 3.49. The summed E-state index contributed by atoms with van der Waals surface area (Å²) in [6, 6.07) is 13.1. The molecule has 0 spiro atoms. The van der Waals surface area contributed by atoms with Crippen LogP contribution in [0, 0.1) is 11.6 Å². The Hall–Kier alpha value is -2.36. The Morgan fingerprint density at radius 2 is 1.76 bits per heavy atom. The largest absolute Gasteiger partial charge is 0.484 e. The highest BCUT2D eigenvalue weighted by Crippen LogP contribution is 2.24. The van der Waals surface area contributed by atoms with Gasteiger partial charge in [0.1, 0.15) is 12.4 Å². The summed E-state index contributed by atoms with van der Waals surface area (Å²) in [6.45, 7) is 2.77. The van der Waals surface area contributed by atoms with Crippen LogP contribution in [0.4, 0.5) is 8.78 Å². The molecule has 0 amide bonds. The van der Waals surface area contributed by atoms with Crippen LogP contribution >= 0.6 is 0 Å². The van der Waals surface area contributed by atoms with Gasteiger partial charge in [0.2, 0.25) is 0 Å². The molecular weight excluding hydrogens is 272 g/mol. The third kappa shape index (κ3) is 2.49. The quantitative estimate of drug-likeness (QED) is 0.688. The van der Waals surface area contributed by atoms with Gasteiger partial charge in [0.15, 0.2) is 11.6 Å². The van der Waals surface area contributed by atoms with Gasteiger partial charge in [-0.3, -0.25) is 0 Å². The highest BCUT2D eigenvalue weighted by molar-refractivity contribution is 5.81. The molecule has 3 rings (SSSR count). The molecule has 0 fully saturated rings. The minimum absolute atomic E-state index is 0.197. The van der Waals surface area contributed by atoms with Crippen LogP contribution in [0.5, 0.6) is 5.75 Å². The van der Waals surface area contributed by atoms with Crippen molar-refractivity contribution in [2.75, 3.05) is 0 Å². The number of hydrogen-bond donors (Lipinski definition) is 0. The van der Waals surface area contributed by atoms with E-state index in [-0.39, 0.29) is 18.2 Å². The molecule has 21 heavy (non-hydrogen) atoms. The first-order valence-electron chi connectivity index (χ1n) is 6.84. The summed E-state index contributed by atoms with van der Waals surface area (Å²) in [5, 5.41) is 0.823. The van der Waals surface area contributed by atoms with Crippen molar-refractivity contribution in [3.63, 3.8) is 0 Å². The molecule has 2 aromatic carbocycles. The summed E-state index contributed by atoms with van der Waals surface area (Å²) in [7, 11) is 0. The molecule has 0 aliphatic heterocycles. The van der Waals surface area contributed by atoms with Crippen molar-refractivity contribution in [1.29, 1.82) is 0 Å². The van der Waals surface area contributed by atoms with Crippen molar-refractivity contribution in [1.82, 2.24) is 4.57 Å². The molecule has 108 valence electrons. The molecule has 2 nitrogen and oxygen atoms in total. The van der Waals surface area contributed by atoms with Gasteiger partial charge in [-0.1, -0.05) is 24.3 Å². The number of fused-ring (bicyclic) bond motifs is 1. The normalized spacial score (nSPS) is 11.0. The number of hydrogen-bond acceptors (Lipinski definition) is 1. The molecule has 0 aliphatic rings. The molecule has 0 radical (unpaired) electrons. The van der Waals surface area contributed by atoms with E-state index < -0.39 is 5.82 Å². The Labute approximate surface area is 121 Å². The second kappa shape index (κ2) is 5.56. The van der Waals surface area contributed by atoms with Crippen LogP contribution in [0.25, 0.3) is 10.9 Å². The first kappa shape index (κ1) is 13.6. The maximum atomic E-state index is 14.0. The Bertz CT molecular complexity index is 780. The smallest absolute Gasteiger partial charge is 0.165 e. The van der Waals surface area contributed by atoms with Gasteiger partial charge in [0.25, 0.3) is 0 Å². The monoisotopic (exact) mass is 287 g/mol. The molecule has 0 aliphatic carbocycles. The lowest BCUT2D eigenvalue weighted by Gasteiger charge is -2.10. The number of nitrogens with zero attached hydrogens (tertiary/aromatic N) is 1. The first-order chi connectivity index (χ1) is 10.2. The predicted molar refractivity (Wildman–Crippen MR) is 78.3 cm³/mol. The molecule has 1 heterocycles. The molecule has 0 atom stereocenters. The number of ether oxygens (including phenoxy) is 1. The molecule has 3 aromatic rings. The van der Waals surface area contributed by atoms with Gasteiger partial charge < -0.3 is 9.30 Å². The van der Waals surface area contributed by atoms with E-state index in [1.807, 2.05) is 23.6 Å². The molecule has 0 unspecified atom stereocenters. The fourth-order valence-electron chi connectivity index (χ4n) is 2.53. The van der Waals surface area contributed by atoms with E-state index >= 15 is 0 Å². The molecule has 0 bridgehead atoms. The predicted octanol–water partition coefficient (Wildman–Crippen LogP) is 4.52. The second-order valence-electron chi connectivity index (χ2n) is 4.78. The average molecular weight is 287 g/mol. The Kier molecular flexibility index (Phi) is 3.60. The van der Waals surface area contributed by atoms with Crippen molar-refractivity contribution >= 4 is 10.9 Å². The van der Waals surface area contributed by atoms with Crippen molar-refractivity contribution in [3.05, 3.63) is 65.9 Å². The van der Waals surface area contributed by atoms with Crippen LogP contribution in [-0.4, -0.2) is 4.57 Å². The van der Waals surface area contributed by atoms with Gasteiger partial charge in [0, 0.05) is 11.9 Å². The minimum atomic E-state index is -0.400. The SMILES string of the molecule is CCn1c(COc2ccccc2F)cc2cccc(F)c21.